The van der Waals surface area contributed by atoms with Crippen LogP contribution in [-0.4, -0.2) is 15.5 Å². The molecule has 0 aliphatic carbocycles. The third-order valence-corrected chi connectivity index (χ3v) is 3.46. The third kappa shape index (κ3) is 2.39. The molecule has 112 valence electrons. The van der Waals surface area contributed by atoms with Gasteiger partial charge in [-0.15, -0.1) is 0 Å². The van der Waals surface area contributed by atoms with E-state index in [1.54, 1.807) is 29.0 Å². The van der Waals surface area contributed by atoms with Crippen molar-refractivity contribution >= 4 is 17.0 Å². The number of primary amides is 1. The summed E-state index contributed by atoms with van der Waals surface area (Å²) >= 11 is 0. The molecule has 3 aromatic rings. The Hall–Kier alpha value is -2.89. The molecule has 6 heteroatoms. The lowest BCUT2D eigenvalue weighted by atomic mass is 10.1. The number of benzene rings is 1. The van der Waals surface area contributed by atoms with E-state index in [0.717, 1.165) is 23.1 Å². The van der Waals surface area contributed by atoms with Gasteiger partial charge in [-0.05, 0) is 30.2 Å². The number of nitrogens with zero attached hydrogens (tertiary/aromatic N) is 2. The lowest BCUT2D eigenvalue weighted by molar-refractivity contribution is 0.0995. The SMILES string of the molecule is CCCn1c(=O)oc2ccc(-c3ccc(C(N)=O)nc3)cc21. The number of aryl methyl sites for hydroxylation is 1. The second-order valence-corrected chi connectivity index (χ2v) is 5.00. The summed E-state index contributed by atoms with van der Waals surface area (Å²) in [5, 5.41) is 0. The molecule has 0 atom stereocenters. The molecular weight excluding hydrogens is 282 g/mol. The highest BCUT2D eigenvalue weighted by atomic mass is 16.4. The summed E-state index contributed by atoms with van der Waals surface area (Å²) in [6, 6.07) is 8.85. The number of pyridine rings is 1. The van der Waals surface area contributed by atoms with Gasteiger partial charge in [0.2, 0.25) is 0 Å². The Kier molecular flexibility index (Phi) is 3.50. The molecule has 2 heterocycles. The average Bonchev–Trinajstić information content (AvgIpc) is 2.83. The van der Waals surface area contributed by atoms with E-state index in [4.69, 9.17) is 10.2 Å². The van der Waals surface area contributed by atoms with Crippen LogP contribution in [0.1, 0.15) is 23.8 Å². The smallest absolute Gasteiger partial charge is 0.408 e. The standard InChI is InChI=1S/C16H15N3O3/c1-2-7-19-13-8-10(4-6-14(13)22-16(19)21)11-3-5-12(15(17)20)18-9-11/h3-6,8-9H,2,7H2,1H3,(H2,17,20). The Morgan fingerprint density at radius 3 is 2.68 bits per heavy atom. The van der Waals surface area contributed by atoms with Crippen molar-refractivity contribution in [3.8, 4) is 11.1 Å². The number of amides is 1. The molecule has 2 N–H and O–H groups in total. The molecule has 3 rings (SSSR count). The Labute approximate surface area is 126 Å². The average molecular weight is 297 g/mol. The van der Waals surface area contributed by atoms with Crippen molar-refractivity contribution in [1.29, 1.82) is 0 Å². The number of rotatable bonds is 4. The number of fused-ring (bicyclic) bond motifs is 1. The fourth-order valence-corrected chi connectivity index (χ4v) is 2.39. The zero-order chi connectivity index (χ0) is 15.7. The summed E-state index contributed by atoms with van der Waals surface area (Å²) in [5.41, 5.74) is 8.44. The van der Waals surface area contributed by atoms with E-state index in [2.05, 4.69) is 4.98 Å². The molecule has 0 unspecified atom stereocenters. The van der Waals surface area contributed by atoms with E-state index >= 15 is 0 Å². The van der Waals surface area contributed by atoms with Gasteiger partial charge in [-0.1, -0.05) is 19.1 Å². The van der Waals surface area contributed by atoms with Gasteiger partial charge in [0.1, 0.15) is 5.69 Å². The summed E-state index contributed by atoms with van der Waals surface area (Å²) in [5.74, 6) is -0.912. The minimum atomic E-state index is -0.561. The van der Waals surface area contributed by atoms with Crippen molar-refractivity contribution in [2.75, 3.05) is 0 Å². The van der Waals surface area contributed by atoms with Crippen molar-refractivity contribution in [1.82, 2.24) is 9.55 Å². The van der Waals surface area contributed by atoms with E-state index in [1.165, 1.54) is 0 Å². The van der Waals surface area contributed by atoms with Gasteiger partial charge in [0, 0.05) is 18.3 Å². The lowest BCUT2D eigenvalue weighted by Gasteiger charge is -2.04. The first-order chi connectivity index (χ1) is 10.6. The maximum Gasteiger partial charge on any atom is 0.419 e. The summed E-state index contributed by atoms with van der Waals surface area (Å²) in [7, 11) is 0. The topological polar surface area (TPSA) is 91.1 Å². The second-order valence-electron chi connectivity index (χ2n) is 5.00. The highest BCUT2D eigenvalue weighted by Gasteiger charge is 2.10. The van der Waals surface area contributed by atoms with E-state index < -0.39 is 5.91 Å². The van der Waals surface area contributed by atoms with Crippen LogP contribution in [0.4, 0.5) is 0 Å². The fraction of sp³-hybridized carbons (Fsp3) is 0.188. The second kappa shape index (κ2) is 5.48. The van der Waals surface area contributed by atoms with Gasteiger partial charge < -0.3 is 10.2 Å². The Balaban J connectivity index is 2.09. The van der Waals surface area contributed by atoms with E-state index in [0.29, 0.717) is 12.1 Å². The Morgan fingerprint density at radius 1 is 1.27 bits per heavy atom. The number of aromatic nitrogens is 2. The van der Waals surface area contributed by atoms with Crippen LogP contribution in [0.25, 0.3) is 22.2 Å². The van der Waals surface area contributed by atoms with Crippen LogP contribution in [0.15, 0.2) is 45.7 Å². The zero-order valence-electron chi connectivity index (χ0n) is 12.1. The summed E-state index contributed by atoms with van der Waals surface area (Å²) in [6.45, 7) is 2.61. The van der Waals surface area contributed by atoms with Crippen LogP contribution < -0.4 is 11.5 Å². The summed E-state index contributed by atoms with van der Waals surface area (Å²) in [6.07, 6.45) is 2.43. The normalized spacial score (nSPS) is 11.0. The number of carbonyl (C=O) groups is 1. The molecule has 0 aliphatic heterocycles. The molecule has 0 aliphatic rings. The number of nitrogens with two attached hydrogens (primary N) is 1. The molecule has 0 saturated carbocycles. The van der Waals surface area contributed by atoms with Gasteiger partial charge in [0.15, 0.2) is 5.58 Å². The van der Waals surface area contributed by atoms with Crippen molar-refractivity contribution in [3.63, 3.8) is 0 Å². The molecule has 6 nitrogen and oxygen atoms in total. The minimum absolute atomic E-state index is 0.219. The molecule has 1 amide bonds. The van der Waals surface area contributed by atoms with Gasteiger partial charge >= 0.3 is 5.76 Å². The van der Waals surface area contributed by atoms with Crippen molar-refractivity contribution in [2.45, 2.75) is 19.9 Å². The van der Waals surface area contributed by atoms with Gasteiger partial charge in [-0.2, -0.15) is 0 Å². The van der Waals surface area contributed by atoms with Crippen LogP contribution in [0.3, 0.4) is 0 Å². The third-order valence-electron chi connectivity index (χ3n) is 3.46. The number of oxazole rings is 1. The highest BCUT2D eigenvalue weighted by Crippen LogP contribution is 2.24. The fourth-order valence-electron chi connectivity index (χ4n) is 2.39. The van der Waals surface area contributed by atoms with Gasteiger partial charge in [-0.25, -0.2) is 4.79 Å². The molecule has 2 aromatic heterocycles. The molecule has 0 fully saturated rings. The molecule has 0 spiro atoms. The van der Waals surface area contributed by atoms with Crippen LogP contribution in [0.2, 0.25) is 0 Å². The molecule has 0 saturated heterocycles. The Morgan fingerprint density at radius 2 is 2.05 bits per heavy atom. The van der Waals surface area contributed by atoms with E-state index in [1.807, 2.05) is 19.1 Å². The Bertz CT molecular complexity index is 891. The van der Waals surface area contributed by atoms with Crippen LogP contribution >= 0.6 is 0 Å². The van der Waals surface area contributed by atoms with E-state index in [9.17, 15) is 9.59 Å². The van der Waals surface area contributed by atoms with Gasteiger partial charge in [-0.3, -0.25) is 14.3 Å². The number of hydrogen-bond donors (Lipinski definition) is 1. The van der Waals surface area contributed by atoms with Crippen LogP contribution in [0.5, 0.6) is 0 Å². The first-order valence-corrected chi connectivity index (χ1v) is 6.99. The molecular formula is C16H15N3O3. The van der Waals surface area contributed by atoms with Gasteiger partial charge in [0.05, 0.1) is 5.52 Å². The lowest BCUT2D eigenvalue weighted by Crippen LogP contribution is -2.13. The maximum atomic E-state index is 11.8. The molecule has 22 heavy (non-hydrogen) atoms. The molecule has 1 aromatic carbocycles. The van der Waals surface area contributed by atoms with Crippen LogP contribution in [-0.2, 0) is 6.54 Å². The largest absolute Gasteiger partial charge is 0.419 e. The summed E-state index contributed by atoms with van der Waals surface area (Å²) < 4.78 is 6.84. The van der Waals surface area contributed by atoms with Gasteiger partial charge in [0.25, 0.3) is 5.91 Å². The van der Waals surface area contributed by atoms with E-state index in [-0.39, 0.29) is 11.4 Å². The highest BCUT2D eigenvalue weighted by molar-refractivity contribution is 5.91. The number of carbonyl (C=O) groups excluding carboxylic acids is 1. The molecule has 0 bridgehead atoms. The van der Waals surface area contributed by atoms with Crippen LogP contribution in [0, 0.1) is 0 Å². The zero-order valence-corrected chi connectivity index (χ0v) is 12.1. The first-order valence-electron chi connectivity index (χ1n) is 6.99. The monoisotopic (exact) mass is 297 g/mol. The minimum Gasteiger partial charge on any atom is -0.408 e. The maximum absolute atomic E-state index is 11.8. The van der Waals surface area contributed by atoms with Crippen molar-refractivity contribution in [3.05, 3.63) is 52.8 Å². The quantitative estimate of drug-likeness (QED) is 0.799. The summed E-state index contributed by atoms with van der Waals surface area (Å²) in [4.78, 5) is 26.9. The predicted molar refractivity (Wildman–Crippen MR) is 82.5 cm³/mol. The predicted octanol–water partition coefficient (Wildman–Crippen LogP) is 2.17. The first kappa shape index (κ1) is 14.1. The van der Waals surface area contributed by atoms with Crippen molar-refractivity contribution in [2.24, 2.45) is 5.73 Å². The number of hydrogen-bond acceptors (Lipinski definition) is 4. The van der Waals surface area contributed by atoms with Crippen molar-refractivity contribution < 1.29 is 9.21 Å². The molecule has 0 radical (unpaired) electrons.